The smallest absolute Gasteiger partial charge is 0.306 e. The SMILES string of the molecule is CC[C@@H]1CCC(c2nc3ccc(-c4ccc(-c5ccc6nc([C@@H]7CC[C@@H](CC)N7C(=O)[C@@H](CC(=O)OC)C(C)C)[nH]c6c5)cc4)cc3[nH]2)N1C(=O)[C@@H](CC(=O)OC)C(C)C. The number of methoxy groups -OCH3 is 2. The first-order valence-corrected chi connectivity index (χ1v) is 21.7. The summed E-state index contributed by atoms with van der Waals surface area (Å²) in [5, 5.41) is 0. The van der Waals surface area contributed by atoms with Gasteiger partial charge in [-0.3, -0.25) is 19.2 Å². The van der Waals surface area contributed by atoms with E-state index < -0.39 is 11.8 Å². The molecule has 2 fully saturated rings. The van der Waals surface area contributed by atoms with Crippen molar-refractivity contribution in [1.29, 1.82) is 0 Å². The van der Waals surface area contributed by atoms with Crippen LogP contribution in [0.2, 0.25) is 0 Å². The monoisotopic (exact) mass is 816 g/mol. The maximum absolute atomic E-state index is 14.1. The second-order valence-corrected chi connectivity index (χ2v) is 17.3. The van der Waals surface area contributed by atoms with Gasteiger partial charge < -0.3 is 29.2 Å². The lowest BCUT2D eigenvalue weighted by Gasteiger charge is -2.33. The number of aromatic amines is 2. The molecule has 2 saturated heterocycles. The van der Waals surface area contributed by atoms with Crippen molar-refractivity contribution in [3.63, 3.8) is 0 Å². The summed E-state index contributed by atoms with van der Waals surface area (Å²) in [6.07, 6.45) is 5.19. The predicted octanol–water partition coefficient (Wildman–Crippen LogP) is 9.33. The standard InChI is InChI=1S/C48H60N6O6/c1-9-33-17-21-41(53(33)47(57)35(27(3)4)25-43(55)59-7)45-49-37-19-15-31(23-39(37)51-45)29-11-13-30(14-12-29)32-16-20-38-40(24-32)52-46(50-38)42-22-18-34(10-2)54(42)48(58)36(28(5)6)26-44(56)60-8/h11-16,19-20,23-24,27-28,33-36,41-42H,9-10,17-18,21-22,25-26H2,1-8H3,(H,49,51)(H,50,52)/t33-,34-,35+,36+,41+,42?/m1/s1. The molecular weight excluding hydrogens is 757 g/mol. The van der Waals surface area contributed by atoms with Gasteiger partial charge in [0.25, 0.3) is 0 Å². The summed E-state index contributed by atoms with van der Waals surface area (Å²) in [7, 11) is 2.73. The molecule has 7 rings (SSSR count). The fraction of sp³-hybridized carbons (Fsp3) is 0.500. The number of ether oxygens (including phenoxy) is 2. The zero-order chi connectivity index (χ0) is 42.8. The van der Waals surface area contributed by atoms with E-state index in [-0.39, 0.29) is 72.6 Å². The van der Waals surface area contributed by atoms with Crippen molar-refractivity contribution in [1.82, 2.24) is 29.7 Å². The van der Waals surface area contributed by atoms with E-state index in [4.69, 9.17) is 19.4 Å². The first kappa shape index (κ1) is 42.6. The third-order valence-electron chi connectivity index (χ3n) is 13.1. The van der Waals surface area contributed by atoms with Crippen LogP contribution in [0.4, 0.5) is 0 Å². The number of benzene rings is 3. The summed E-state index contributed by atoms with van der Waals surface area (Å²) in [5.41, 5.74) is 7.73. The predicted molar refractivity (Wildman–Crippen MR) is 232 cm³/mol. The largest absolute Gasteiger partial charge is 0.469 e. The van der Waals surface area contributed by atoms with E-state index >= 15 is 0 Å². The van der Waals surface area contributed by atoms with Crippen molar-refractivity contribution in [2.24, 2.45) is 23.7 Å². The second-order valence-electron chi connectivity index (χ2n) is 17.3. The summed E-state index contributed by atoms with van der Waals surface area (Å²) < 4.78 is 9.88. The third kappa shape index (κ3) is 8.43. The molecule has 2 aliphatic heterocycles. The summed E-state index contributed by atoms with van der Waals surface area (Å²) >= 11 is 0. The first-order chi connectivity index (χ1) is 28.8. The molecule has 6 atom stereocenters. The van der Waals surface area contributed by atoms with Gasteiger partial charge in [0.1, 0.15) is 11.6 Å². The number of amides is 2. The highest BCUT2D eigenvalue weighted by atomic mass is 16.5. The fourth-order valence-corrected chi connectivity index (χ4v) is 9.49. The molecule has 3 aromatic carbocycles. The van der Waals surface area contributed by atoms with E-state index in [1.165, 1.54) is 14.2 Å². The molecule has 0 bridgehead atoms. The number of likely N-dealkylation sites (tertiary alicyclic amines) is 2. The van der Waals surface area contributed by atoms with Gasteiger partial charge in [0, 0.05) is 12.1 Å². The minimum absolute atomic E-state index is 0.00802. The lowest BCUT2D eigenvalue weighted by Crippen LogP contribution is -2.43. The van der Waals surface area contributed by atoms with Crippen LogP contribution < -0.4 is 0 Å². The highest BCUT2D eigenvalue weighted by molar-refractivity contribution is 5.87. The Kier molecular flexibility index (Phi) is 12.8. The van der Waals surface area contributed by atoms with Crippen molar-refractivity contribution in [3.8, 4) is 22.3 Å². The molecule has 0 radical (unpaired) electrons. The maximum atomic E-state index is 14.1. The molecule has 12 nitrogen and oxygen atoms in total. The number of carbonyl (C=O) groups excluding carboxylic acids is 4. The Balaban J connectivity index is 1.09. The molecule has 60 heavy (non-hydrogen) atoms. The van der Waals surface area contributed by atoms with Gasteiger partial charge >= 0.3 is 11.9 Å². The van der Waals surface area contributed by atoms with E-state index in [2.05, 4.69) is 72.3 Å². The lowest BCUT2D eigenvalue weighted by atomic mass is 9.90. The van der Waals surface area contributed by atoms with Crippen LogP contribution in [0, 0.1) is 23.7 Å². The van der Waals surface area contributed by atoms with Gasteiger partial charge in [-0.25, -0.2) is 9.97 Å². The van der Waals surface area contributed by atoms with Crippen LogP contribution in [-0.2, 0) is 28.7 Å². The molecule has 2 aliphatic rings. The van der Waals surface area contributed by atoms with Crippen LogP contribution in [0.15, 0.2) is 60.7 Å². The minimum atomic E-state index is -0.456. The number of rotatable bonds is 14. The third-order valence-corrected chi connectivity index (χ3v) is 13.1. The average molecular weight is 817 g/mol. The normalized spacial score (nSPS) is 20.4. The second kappa shape index (κ2) is 18.0. The highest BCUT2D eigenvalue weighted by Crippen LogP contribution is 2.41. The number of hydrogen-bond donors (Lipinski definition) is 2. The van der Waals surface area contributed by atoms with E-state index in [1.807, 2.05) is 49.6 Å². The number of nitrogens with zero attached hydrogens (tertiary/aromatic N) is 4. The van der Waals surface area contributed by atoms with Crippen molar-refractivity contribution >= 4 is 45.8 Å². The van der Waals surface area contributed by atoms with E-state index in [0.29, 0.717) is 0 Å². The molecule has 2 amide bonds. The van der Waals surface area contributed by atoms with Crippen molar-refractivity contribution in [2.45, 2.75) is 117 Å². The Morgan fingerprint density at radius 1 is 0.600 bits per heavy atom. The number of hydrogen-bond acceptors (Lipinski definition) is 8. The zero-order valence-electron chi connectivity index (χ0n) is 36.3. The summed E-state index contributed by atoms with van der Waals surface area (Å²) in [6, 6.07) is 20.7. The van der Waals surface area contributed by atoms with Gasteiger partial charge in [0.2, 0.25) is 11.8 Å². The molecule has 0 spiro atoms. The van der Waals surface area contributed by atoms with Gasteiger partial charge in [0.05, 0.1) is 73.0 Å². The molecule has 12 heteroatoms. The number of imidazole rings is 2. The number of fused-ring (bicyclic) bond motifs is 2. The van der Waals surface area contributed by atoms with Gasteiger partial charge in [0.15, 0.2) is 0 Å². The molecule has 0 saturated carbocycles. The molecular formula is C48H60N6O6. The summed E-state index contributed by atoms with van der Waals surface area (Å²) in [4.78, 5) is 73.7. The average Bonchev–Trinajstić information content (AvgIpc) is 4.07. The Morgan fingerprint density at radius 3 is 1.30 bits per heavy atom. The summed E-state index contributed by atoms with van der Waals surface area (Å²) in [6.45, 7) is 12.1. The van der Waals surface area contributed by atoms with E-state index in [9.17, 15) is 19.2 Å². The molecule has 1 unspecified atom stereocenters. The van der Waals surface area contributed by atoms with Crippen molar-refractivity contribution in [2.75, 3.05) is 14.2 Å². The summed E-state index contributed by atoms with van der Waals surface area (Å²) in [5.74, 6) is -0.141. The van der Waals surface area contributed by atoms with Crippen molar-refractivity contribution < 1.29 is 28.7 Å². The zero-order valence-corrected chi connectivity index (χ0v) is 36.3. The van der Waals surface area contributed by atoms with Crippen LogP contribution in [0.1, 0.15) is 117 Å². The Morgan fingerprint density at radius 2 is 0.967 bits per heavy atom. The molecule has 4 heterocycles. The van der Waals surface area contributed by atoms with Gasteiger partial charge in [-0.1, -0.05) is 77.9 Å². The Hall–Kier alpha value is -5.52. The number of nitrogens with one attached hydrogen (secondary N) is 2. The molecule has 318 valence electrons. The number of carbonyl (C=O) groups is 4. The first-order valence-electron chi connectivity index (χ1n) is 21.7. The minimum Gasteiger partial charge on any atom is -0.469 e. The van der Waals surface area contributed by atoms with Crippen LogP contribution >= 0.6 is 0 Å². The number of esters is 2. The molecule has 0 aliphatic carbocycles. The highest BCUT2D eigenvalue weighted by Gasteiger charge is 2.43. The van der Waals surface area contributed by atoms with Crippen LogP contribution in [0.3, 0.4) is 0 Å². The lowest BCUT2D eigenvalue weighted by molar-refractivity contribution is -0.149. The topological polar surface area (TPSA) is 151 Å². The number of aromatic nitrogens is 4. The molecule has 5 aromatic rings. The van der Waals surface area contributed by atoms with Gasteiger partial charge in [-0.05, 0) is 96.9 Å². The van der Waals surface area contributed by atoms with Gasteiger partial charge in [-0.2, -0.15) is 0 Å². The molecule has 2 N–H and O–H groups in total. The van der Waals surface area contributed by atoms with E-state index in [1.54, 1.807) is 0 Å². The van der Waals surface area contributed by atoms with Crippen LogP contribution in [0.5, 0.6) is 0 Å². The Labute approximate surface area is 352 Å². The van der Waals surface area contributed by atoms with Gasteiger partial charge in [-0.15, -0.1) is 0 Å². The van der Waals surface area contributed by atoms with Crippen LogP contribution in [-0.4, -0.2) is 79.8 Å². The van der Waals surface area contributed by atoms with Crippen LogP contribution in [0.25, 0.3) is 44.3 Å². The maximum Gasteiger partial charge on any atom is 0.306 e. The van der Waals surface area contributed by atoms with E-state index in [0.717, 1.165) is 94.5 Å². The number of H-pyrrole nitrogens is 2. The quantitative estimate of drug-likeness (QED) is 0.105. The molecule has 2 aromatic heterocycles. The van der Waals surface area contributed by atoms with Crippen molar-refractivity contribution in [3.05, 3.63) is 72.3 Å². The Bertz CT molecular complexity index is 2180. The fourth-order valence-electron chi connectivity index (χ4n) is 9.49.